The van der Waals surface area contributed by atoms with Gasteiger partial charge >= 0.3 is 0 Å². The molecule has 0 aliphatic carbocycles. The number of fused-ring (bicyclic) bond motifs is 1. The number of ether oxygens (including phenoxy) is 1. The maximum atomic E-state index is 5.31. The zero-order chi connectivity index (χ0) is 11.7. The Kier molecular flexibility index (Phi) is 2.22. The van der Waals surface area contributed by atoms with Crippen molar-refractivity contribution in [3.8, 4) is 17.0 Å². The molecule has 1 aromatic carbocycles. The molecule has 2 aromatic heterocycles. The second kappa shape index (κ2) is 3.86. The lowest BCUT2D eigenvalue weighted by Crippen LogP contribution is -1.87. The largest absolute Gasteiger partial charge is 0.496 e. The zero-order valence-electron chi connectivity index (χ0n) is 9.24. The number of hydrogen-bond donors (Lipinski definition) is 0. The van der Waals surface area contributed by atoms with E-state index in [9.17, 15) is 0 Å². The van der Waals surface area contributed by atoms with Crippen LogP contribution in [0.25, 0.3) is 17.0 Å². The molecule has 0 spiro atoms. The number of hydrogen-bond acceptors (Lipinski definition) is 4. The van der Waals surface area contributed by atoms with Gasteiger partial charge in [0.1, 0.15) is 18.4 Å². The Bertz CT molecular complexity index is 629. The normalized spacial score (nSPS) is 10.6. The molecule has 3 aromatic rings. The molecule has 84 valence electrons. The molecule has 5 heteroatoms. The monoisotopic (exact) mass is 226 g/mol. The lowest BCUT2D eigenvalue weighted by atomic mass is 10.1. The molecule has 2 heterocycles. The third-order valence-corrected chi connectivity index (χ3v) is 2.53. The van der Waals surface area contributed by atoms with Crippen molar-refractivity contribution in [1.29, 1.82) is 0 Å². The van der Waals surface area contributed by atoms with Gasteiger partial charge in [0, 0.05) is 11.8 Å². The highest BCUT2D eigenvalue weighted by Crippen LogP contribution is 2.28. The Morgan fingerprint density at radius 1 is 1.24 bits per heavy atom. The van der Waals surface area contributed by atoms with E-state index in [-0.39, 0.29) is 0 Å². The van der Waals surface area contributed by atoms with Crippen LogP contribution in [-0.2, 0) is 0 Å². The first-order valence-corrected chi connectivity index (χ1v) is 5.16. The fourth-order valence-corrected chi connectivity index (χ4v) is 1.74. The van der Waals surface area contributed by atoms with Crippen LogP contribution in [-0.4, -0.2) is 26.5 Å². The quantitative estimate of drug-likeness (QED) is 0.668. The number of aromatic nitrogens is 4. The fraction of sp³-hybridized carbons (Fsp3) is 0.0833. The van der Waals surface area contributed by atoms with Crippen molar-refractivity contribution in [2.75, 3.05) is 7.11 Å². The van der Waals surface area contributed by atoms with E-state index in [0.717, 1.165) is 17.0 Å². The number of para-hydroxylation sites is 1. The second-order valence-electron chi connectivity index (χ2n) is 3.54. The van der Waals surface area contributed by atoms with Gasteiger partial charge in [-0.25, -0.2) is 15.0 Å². The van der Waals surface area contributed by atoms with Crippen molar-refractivity contribution in [2.24, 2.45) is 0 Å². The first-order chi connectivity index (χ1) is 8.38. The molecule has 5 nitrogen and oxygen atoms in total. The predicted molar refractivity (Wildman–Crippen MR) is 62.8 cm³/mol. The van der Waals surface area contributed by atoms with Gasteiger partial charge in [0.05, 0.1) is 12.8 Å². The molecule has 0 N–H and O–H groups in total. The Hall–Kier alpha value is -2.43. The summed E-state index contributed by atoms with van der Waals surface area (Å²) in [6, 6.07) is 7.75. The fourth-order valence-electron chi connectivity index (χ4n) is 1.74. The maximum Gasteiger partial charge on any atom is 0.237 e. The summed E-state index contributed by atoms with van der Waals surface area (Å²) >= 11 is 0. The minimum atomic E-state index is 0.626. The van der Waals surface area contributed by atoms with Gasteiger partial charge in [-0.2, -0.15) is 0 Å². The van der Waals surface area contributed by atoms with E-state index in [1.54, 1.807) is 17.8 Å². The average molecular weight is 226 g/mol. The SMILES string of the molecule is COc1ccccc1-c1cn2cncnc2n1. The number of benzene rings is 1. The van der Waals surface area contributed by atoms with Gasteiger partial charge in [-0.3, -0.25) is 4.40 Å². The Morgan fingerprint density at radius 2 is 2.12 bits per heavy atom. The number of nitrogens with zero attached hydrogens (tertiary/aromatic N) is 4. The highest BCUT2D eigenvalue weighted by molar-refractivity contribution is 5.68. The first-order valence-electron chi connectivity index (χ1n) is 5.16. The highest BCUT2D eigenvalue weighted by Gasteiger charge is 2.09. The average Bonchev–Trinajstić information content (AvgIpc) is 2.82. The van der Waals surface area contributed by atoms with Gasteiger partial charge in [0.2, 0.25) is 5.78 Å². The third-order valence-electron chi connectivity index (χ3n) is 2.53. The van der Waals surface area contributed by atoms with Crippen molar-refractivity contribution in [1.82, 2.24) is 19.4 Å². The summed E-state index contributed by atoms with van der Waals surface area (Å²) in [5, 5.41) is 0. The van der Waals surface area contributed by atoms with Crippen LogP contribution in [0.4, 0.5) is 0 Å². The van der Waals surface area contributed by atoms with Crippen molar-refractivity contribution < 1.29 is 4.74 Å². The lowest BCUT2D eigenvalue weighted by Gasteiger charge is -2.04. The summed E-state index contributed by atoms with van der Waals surface area (Å²) in [6.45, 7) is 0. The van der Waals surface area contributed by atoms with Gasteiger partial charge in [-0.1, -0.05) is 12.1 Å². The van der Waals surface area contributed by atoms with E-state index < -0.39 is 0 Å². The van der Waals surface area contributed by atoms with Gasteiger partial charge in [-0.15, -0.1) is 0 Å². The Morgan fingerprint density at radius 3 is 2.94 bits per heavy atom. The van der Waals surface area contributed by atoms with E-state index in [4.69, 9.17) is 4.74 Å². The van der Waals surface area contributed by atoms with E-state index >= 15 is 0 Å². The van der Waals surface area contributed by atoms with Crippen LogP contribution >= 0.6 is 0 Å². The van der Waals surface area contributed by atoms with Crippen LogP contribution < -0.4 is 4.74 Å². The molecule has 0 bridgehead atoms. The van der Waals surface area contributed by atoms with Gasteiger partial charge in [-0.05, 0) is 12.1 Å². The van der Waals surface area contributed by atoms with E-state index in [1.165, 1.54) is 6.33 Å². The molecule has 0 fully saturated rings. The molecule has 0 atom stereocenters. The van der Waals surface area contributed by atoms with Crippen LogP contribution in [0.3, 0.4) is 0 Å². The molecule has 17 heavy (non-hydrogen) atoms. The summed E-state index contributed by atoms with van der Waals surface area (Å²) in [5.41, 5.74) is 1.77. The summed E-state index contributed by atoms with van der Waals surface area (Å²) in [4.78, 5) is 12.4. The van der Waals surface area contributed by atoms with Gasteiger partial charge < -0.3 is 4.74 Å². The summed E-state index contributed by atoms with van der Waals surface area (Å²) in [6.07, 6.45) is 5.04. The Labute approximate surface area is 97.7 Å². The molecule has 0 aliphatic rings. The molecule has 0 radical (unpaired) electrons. The molecule has 0 saturated carbocycles. The number of imidazole rings is 1. The highest BCUT2D eigenvalue weighted by atomic mass is 16.5. The van der Waals surface area contributed by atoms with E-state index in [1.807, 2.05) is 30.5 Å². The maximum absolute atomic E-state index is 5.31. The molecule has 0 unspecified atom stereocenters. The van der Waals surface area contributed by atoms with Crippen LogP contribution in [0, 0.1) is 0 Å². The zero-order valence-corrected chi connectivity index (χ0v) is 9.24. The third kappa shape index (κ3) is 1.61. The summed E-state index contributed by atoms with van der Waals surface area (Å²) in [5.74, 6) is 1.42. The first kappa shape index (κ1) is 9.77. The molecule has 3 rings (SSSR count). The van der Waals surface area contributed by atoms with Crippen molar-refractivity contribution >= 4 is 5.78 Å². The molecule has 0 amide bonds. The van der Waals surface area contributed by atoms with Crippen molar-refractivity contribution in [3.05, 3.63) is 43.1 Å². The molecular formula is C12H10N4O. The standard InChI is InChI=1S/C12H10N4O/c1-17-11-5-3-2-4-9(11)10-6-16-8-13-7-14-12(16)15-10/h2-8H,1H3. The molecule has 0 saturated heterocycles. The second-order valence-corrected chi connectivity index (χ2v) is 3.54. The van der Waals surface area contributed by atoms with Crippen molar-refractivity contribution in [3.63, 3.8) is 0 Å². The van der Waals surface area contributed by atoms with Crippen LogP contribution in [0.15, 0.2) is 43.1 Å². The lowest BCUT2D eigenvalue weighted by molar-refractivity contribution is 0.416. The number of methoxy groups -OCH3 is 1. The minimum absolute atomic E-state index is 0.626. The van der Waals surface area contributed by atoms with E-state index in [2.05, 4.69) is 15.0 Å². The number of rotatable bonds is 2. The van der Waals surface area contributed by atoms with Gasteiger partial charge in [0.15, 0.2) is 0 Å². The van der Waals surface area contributed by atoms with Crippen LogP contribution in [0.1, 0.15) is 0 Å². The van der Waals surface area contributed by atoms with Gasteiger partial charge in [0.25, 0.3) is 0 Å². The van der Waals surface area contributed by atoms with Crippen LogP contribution in [0.5, 0.6) is 5.75 Å². The summed E-state index contributed by atoms with van der Waals surface area (Å²) in [7, 11) is 1.65. The summed E-state index contributed by atoms with van der Waals surface area (Å²) < 4.78 is 7.09. The predicted octanol–water partition coefficient (Wildman–Crippen LogP) is 1.80. The molecule has 0 aliphatic heterocycles. The topological polar surface area (TPSA) is 52.3 Å². The van der Waals surface area contributed by atoms with Crippen molar-refractivity contribution in [2.45, 2.75) is 0 Å². The van der Waals surface area contributed by atoms with Crippen LogP contribution in [0.2, 0.25) is 0 Å². The Balaban J connectivity index is 2.20. The minimum Gasteiger partial charge on any atom is -0.496 e. The molecular weight excluding hydrogens is 216 g/mol. The smallest absolute Gasteiger partial charge is 0.237 e. The van der Waals surface area contributed by atoms with E-state index in [0.29, 0.717) is 5.78 Å².